The van der Waals surface area contributed by atoms with Crippen LogP contribution in [0.2, 0.25) is 0 Å². The standard InChI is InChI=1S/C12H16N4S/c17-12-15-9-5-2-6-11(15)13-16(12)10-14-7-3-1-4-8-14/h2,5-6,9H,1,3-4,7-8,10H2/p+1. The summed E-state index contributed by atoms with van der Waals surface area (Å²) in [5.74, 6) is 0. The molecule has 17 heavy (non-hydrogen) atoms. The summed E-state index contributed by atoms with van der Waals surface area (Å²) in [4.78, 5) is 1.59. The van der Waals surface area contributed by atoms with Crippen LogP contribution < -0.4 is 4.90 Å². The van der Waals surface area contributed by atoms with Crippen LogP contribution in [-0.4, -0.2) is 27.3 Å². The molecule has 0 aliphatic carbocycles. The molecule has 5 heteroatoms. The molecule has 0 saturated carbocycles. The number of hydrogen-bond acceptors (Lipinski definition) is 2. The van der Waals surface area contributed by atoms with Crippen LogP contribution >= 0.6 is 12.2 Å². The van der Waals surface area contributed by atoms with Crippen molar-refractivity contribution in [2.75, 3.05) is 13.1 Å². The number of nitrogens with zero attached hydrogens (tertiary/aromatic N) is 3. The van der Waals surface area contributed by atoms with Gasteiger partial charge < -0.3 is 4.90 Å². The third kappa shape index (κ3) is 2.12. The number of rotatable bonds is 2. The highest BCUT2D eigenvalue weighted by atomic mass is 32.1. The Balaban J connectivity index is 1.89. The van der Waals surface area contributed by atoms with Crippen LogP contribution in [-0.2, 0) is 6.67 Å². The highest BCUT2D eigenvalue weighted by Gasteiger charge is 2.15. The number of pyridine rings is 1. The highest BCUT2D eigenvalue weighted by Crippen LogP contribution is 2.02. The minimum atomic E-state index is 0.804. The van der Waals surface area contributed by atoms with Crippen molar-refractivity contribution in [2.45, 2.75) is 25.9 Å². The molecule has 1 aliphatic heterocycles. The van der Waals surface area contributed by atoms with Gasteiger partial charge in [-0.05, 0) is 43.6 Å². The molecule has 3 heterocycles. The van der Waals surface area contributed by atoms with Crippen molar-refractivity contribution in [3.05, 3.63) is 29.2 Å². The quantitative estimate of drug-likeness (QED) is 0.800. The van der Waals surface area contributed by atoms with Crippen molar-refractivity contribution in [1.82, 2.24) is 14.2 Å². The molecule has 0 unspecified atom stereocenters. The lowest BCUT2D eigenvalue weighted by atomic mass is 10.1. The second-order valence-electron chi connectivity index (χ2n) is 4.68. The maximum absolute atomic E-state index is 5.45. The summed E-state index contributed by atoms with van der Waals surface area (Å²) >= 11 is 5.45. The van der Waals surface area contributed by atoms with Gasteiger partial charge in [-0.3, -0.25) is 4.40 Å². The van der Waals surface area contributed by atoms with E-state index in [-0.39, 0.29) is 0 Å². The van der Waals surface area contributed by atoms with E-state index in [0.29, 0.717) is 0 Å². The molecule has 1 aliphatic rings. The Morgan fingerprint density at radius 1 is 1.24 bits per heavy atom. The average Bonchev–Trinajstić information content (AvgIpc) is 2.68. The Kier molecular flexibility index (Phi) is 2.94. The lowest BCUT2D eigenvalue weighted by molar-refractivity contribution is -0.928. The molecule has 0 amide bonds. The maximum Gasteiger partial charge on any atom is 0.207 e. The summed E-state index contributed by atoms with van der Waals surface area (Å²) in [6, 6.07) is 5.98. The molecule has 2 aromatic rings. The summed E-state index contributed by atoms with van der Waals surface area (Å²) in [6.45, 7) is 3.39. The smallest absolute Gasteiger partial charge is 0.207 e. The molecule has 1 fully saturated rings. The monoisotopic (exact) mass is 249 g/mol. The molecular formula is C12H17N4S+. The topological polar surface area (TPSA) is 26.7 Å². The van der Waals surface area contributed by atoms with Gasteiger partial charge >= 0.3 is 0 Å². The van der Waals surface area contributed by atoms with E-state index in [2.05, 4.69) is 5.10 Å². The van der Waals surface area contributed by atoms with Gasteiger partial charge in [0.05, 0.1) is 13.1 Å². The minimum absolute atomic E-state index is 0.804. The number of nitrogens with one attached hydrogen (secondary N) is 1. The van der Waals surface area contributed by atoms with E-state index in [1.807, 2.05) is 33.5 Å². The summed E-state index contributed by atoms with van der Waals surface area (Å²) in [5.41, 5.74) is 0.939. The minimum Gasteiger partial charge on any atom is -0.316 e. The summed E-state index contributed by atoms with van der Waals surface area (Å²) in [7, 11) is 0. The first-order valence-electron chi connectivity index (χ1n) is 6.22. The molecule has 2 aromatic heterocycles. The Labute approximate surface area is 105 Å². The van der Waals surface area contributed by atoms with Crippen molar-refractivity contribution >= 4 is 17.9 Å². The van der Waals surface area contributed by atoms with Gasteiger partial charge in [0.2, 0.25) is 4.77 Å². The molecule has 1 saturated heterocycles. The molecule has 0 aromatic carbocycles. The van der Waals surface area contributed by atoms with Gasteiger partial charge in [0.15, 0.2) is 12.3 Å². The van der Waals surface area contributed by atoms with E-state index < -0.39 is 0 Å². The third-order valence-corrected chi connectivity index (χ3v) is 3.83. The second-order valence-corrected chi connectivity index (χ2v) is 5.04. The van der Waals surface area contributed by atoms with E-state index in [4.69, 9.17) is 12.2 Å². The fraction of sp³-hybridized carbons (Fsp3) is 0.500. The molecule has 1 N–H and O–H groups in total. The van der Waals surface area contributed by atoms with E-state index in [9.17, 15) is 0 Å². The van der Waals surface area contributed by atoms with Crippen molar-refractivity contribution < 1.29 is 4.90 Å². The highest BCUT2D eigenvalue weighted by molar-refractivity contribution is 7.71. The molecule has 0 radical (unpaired) electrons. The predicted octanol–water partition coefficient (Wildman–Crippen LogP) is 0.892. The van der Waals surface area contributed by atoms with Gasteiger partial charge in [-0.25, -0.2) is 0 Å². The lowest BCUT2D eigenvalue weighted by Crippen LogP contribution is -3.12. The summed E-state index contributed by atoms with van der Waals surface area (Å²) in [6.07, 6.45) is 6.01. The number of fused-ring (bicyclic) bond motifs is 1. The molecule has 0 atom stereocenters. The third-order valence-electron chi connectivity index (χ3n) is 3.42. The number of piperidine rings is 1. The lowest BCUT2D eigenvalue weighted by Gasteiger charge is -2.22. The van der Waals surface area contributed by atoms with Crippen LogP contribution in [0.15, 0.2) is 24.4 Å². The van der Waals surface area contributed by atoms with E-state index >= 15 is 0 Å². The van der Waals surface area contributed by atoms with Crippen LogP contribution in [0.4, 0.5) is 0 Å². The fourth-order valence-electron chi connectivity index (χ4n) is 2.49. The zero-order chi connectivity index (χ0) is 11.7. The molecule has 0 bridgehead atoms. The molecular weight excluding hydrogens is 232 g/mol. The molecule has 4 nitrogen and oxygen atoms in total. The van der Waals surface area contributed by atoms with Crippen LogP contribution in [0.5, 0.6) is 0 Å². The van der Waals surface area contributed by atoms with Gasteiger partial charge in [0.1, 0.15) is 0 Å². The average molecular weight is 249 g/mol. The van der Waals surface area contributed by atoms with E-state index in [1.165, 1.54) is 32.4 Å². The van der Waals surface area contributed by atoms with E-state index in [0.717, 1.165) is 17.1 Å². The predicted molar refractivity (Wildman–Crippen MR) is 68.6 cm³/mol. The normalized spacial score (nSPS) is 17.6. The SMILES string of the molecule is S=c1n(C[NH+]2CCCCC2)nc2ccccn12. The van der Waals surface area contributed by atoms with Gasteiger partial charge in [-0.15, -0.1) is 5.10 Å². The Morgan fingerprint density at radius 2 is 2.06 bits per heavy atom. The summed E-state index contributed by atoms with van der Waals surface area (Å²) < 4.78 is 4.74. The van der Waals surface area contributed by atoms with Crippen molar-refractivity contribution in [1.29, 1.82) is 0 Å². The first-order valence-corrected chi connectivity index (χ1v) is 6.63. The Morgan fingerprint density at radius 3 is 2.82 bits per heavy atom. The first-order chi connectivity index (χ1) is 8.34. The second kappa shape index (κ2) is 4.58. The van der Waals surface area contributed by atoms with Crippen LogP contribution in [0.3, 0.4) is 0 Å². The molecule has 0 spiro atoms. The number of hydrogen-bond donors (Lipinski definition) is 1. The Hall–Kier alpha value is -1.20. The van der Waals surface area contributed by atoms with Crippen molar-refractivity contribution in [3.8, 4) is 0 Å². The largest absolute Gasteiger partial charge is 0.316 e. The van der Waals surface area contributed by atoms with Crippen LogP contribution in [0.25, 0.3) is 5.65 Å². The Bertz CT molecular complexity index is 565. The van der Waals surface area contributed by atoms with Gasteiger partial charge in [-0.2, -0.15) is 4.68 Å². The fourth-order valence-corrected chi connectivity index (χ4v) is 2.75. The first kappa shape index (κ1) is 10.9. The zero-order valence-electron chi connectivity index (χ0n) is 9.80. The maximum atomic E-state index is 5.45. The van der Waals surface area contributed by atoms with Gasteiger partial charge in [-0.1, -0.05) is 6.07 Å². The van der Waals surface area contributed by atoms with Crippen molar-refractivity contribution in [3.63, 3.8) is 0 Å². The number of quaternary nitrogens is 1. The number of likely N-dealkylation sites (tertiary alicyclic amines) is 1. The van der Waals surface area contributed by atoms with Crippen molar-refractivity contribution in [2.24, 2.45) is 0 Å². The van der Waals surface area contributed by atoms with Crippen LogP contribution in [0.1, 0.15) is 19.3 Å². The van der Waals surface area contributed by atoms with E-state index in [1.54, 1.807) is 4.90 Å². The zero-order valence-corrected chi connectivity index (χ0v) is 10.6. The summed E-state index contributed by atoms with van der Waals surface area (Å²) in [5, 5.41) is 4.56. The van der Waals surface area contributed by atoms with Gasteiger partial charge in [0.25, 0.3) is 0 Å². The number of aromatic nitrogens is 3. The molecule has 3 rings (SSSR count). The van der Waals surface area contributed by atoms with Crippen LogP contribution in [0, 0.1) is 4.77 Å². The van der Waals surface area contributed by atoms with Gasteiger partial charge in [0, 0.05) is 6.20 Å². The molecule has 90 valence electrons.